The average Bonchev–Trinajstić information content (AvgIpc) is 2.56. The molecule has 128 valence electrons. The standard InChI is InChI=1S/C18H26O5/c1-3-18(13-22-14-18)12-21-10-4-5-11-23-16-8-6-15(7-9-16)17(19)20-2/h6-9H,3-5,10-14H2,1-2H3. The molecule has 0 aliphatic carbocycles. The molecule has 1 aromatic carbocycles. The lowest BCUT2D eigenvalue weighted by molar-refractivity contribution is -0.150. The van der Waals surface area contributed by atoms with Crippen LogP contribution in [0.3, 0.4) is 0 Å². The number of ether oxygens (including phenoxy) is 4. The zero-order chi connectivity index (χ0) is 16.5. The fraction of sp³-hybridized carbons (Fsp3) is 0.611. The lowest BCUT2D eigenvalue weighted by Crippen LogP contribution is -2.45. The second-order valence-corrected chi connectivity index (χ2v) is 5.97. The molecular weight excluding hydrogens is 296 g/mol. The third kappa shape index (κ3) is 5.22. The van der Waals surface area contributed by atoms with Crippen molar-refractivity contribution in [2.45, 2.75) is 26.2 Å². The maximum atomic E-state index is 11.3. The van der Waals surface area contributed by atoms with Crippen molar-refractivity contribution in [3.8, 4) is 5.75 Å². The molecule has 1 aliphatic heterocycles. The van der Waals surface area contributed by atoms with Crippen molar-refractivity contribution >= 4 is 5.97 Å². The lowest BCUT2D eigenvalue weighted by atomic mass is 9.84. The van der Waals surface area contributed by atoms with Crippen LogP contribution in [0.1, 0.15) is 36.5 Å². The van der Waals surface area contributed by atoms with Gasteiger partial charge in [0.15, 0.2) is 0 Å². The smallest absolute Gasteiger partial charge is 0.337 e. The van der Waals surface area contributed by atoms with Crippen LogP contribution in [0.15, 0.2) is 24.3 Å². The molecule has 1 fully saturated rings. The maximum absolute atomic E-state index is 11.3. The molecule has 0 N–H and O–H groups in total. The largest absolute Gasteiger partial charge is 0.494 e. The van der Waals surface area contributed by atoms with Gasteiger partial charge < -0.3 is 18.9 Å². The molecule has 5 heteroatoms. The highest BCUT2D eigenvalue weighted by Gasteiger charge is 2.36. The van der Waals surface area contributed by atoms with Gasteiger partial charge in [0, 0.05) is 12.0 Å². The molecule has 0 radical (unpaired) electrons. The van der Waals surface area contributed by atoms with E-state index in [0.717, 1.165) is 51.4 Å². The van der Waals surface area contributed by atoms with Gasteiger partial charge in [-0.25, -0.2) is 4.79 Å². The molecule has 0 bridgehead atoms. The summed E-state index contributed by atoms with van der Waals surface area (Å²) in [7, 11) is 1.37. The monoisotopic (exact) mass is 322 g/mol. The van der Waals surface area contributed by atoms with Crippen LogP contribution in [-0.4, -0.2) is 46.1 Å². The Morgan fingerprint density at radius 1 is 1.17 bits per heavy atom. The van der Waals surface area contributed by atoms with Crippen LogP contribution in [0.4, 0.5) is 0 Å². The fourth-order valence-electron chi connectivity index (χ4n) is 2.37. The van der Waals surface area contributed by atoms with Gasteiger partial charge in [0.25, 0.3) is 0 Å². The first kappa shape index (κ1) is 17.8. The fourth-order valence-corrected chi connectivity index (χ4v) is 2.37. The van der Waals surface area contributed by atoms with E-state index in [1.165, 1.54) is 7.11 Å². The summed E-state index contributed by atoms with van der Waals surface area (Å²) in [6.07, 6.45) is 3.02. The molecule has 0 saturated carbocycles. The van der Waals surface area contributed by atoms with Gasteiger partial charge in [-0.05, 0) is 43.5 Å². The Balaban J connectivity index is 1.54. The molecule has 1 saturated heterocycles. The molecule has 1 aromatic rings. The van der Waals surface area contributed by atoms with E-state index in [-0.39, 0.29) is 11.4 Å². The van der Waals surface area contributed by atoms with Crippen molar-refractivity contribution in [3.63, 3.8) is 0 Å². The summed E-state index contributed by atoms with van der Waals surface area (Å²) in [5.74, 6) is 0.422. The Morgan fingerprint density at radius 3 is 2.43 bits per heavy atom. The molecule has 1 aliphatic rings. The molecule has 23 heavy (non-hydrogen) atoms. The Morgan fingerprint density at radius 2 is 1.87 bits per heavy atom. The van der Waals surface area contributed by atoms with Crippen molar-refractivity contribution in [1.29, 1.82) is 0 Å². The Hall–Kier alpha value is -1.59. The average molecular weight is 322 g/mol. The van der Waals surface area contributed by atoms with E-state index in [1.807, 2.05) is 0 Å². The molecule has 0 atom stereocenters. The van der Waals surface area contributed by atoms with Crippen molar-refractivity contribution in [1.82, 2.24) is 0 Å². The van der Waals surface area contributed by atoms with E-state index >= 15 is 0 Å². The van der Waals surface area contributed by atoms with Crippen LogP contribution in [0.2, 0.25) is 0 Å². The SMILES string of the molecule is CCC1(COCCCCOc2ccc(C(=O)OC)cc2)COC1. The van der Waals surface area contributed by atoms with Crippen molar-refractivity contribution in [2.24, 2.45) is 5.41 Å². The molecule has 2 rings (SSSR count). The van der Waals surface area contributed by atoms with Crippen LogP contribution < -0.4 is 4.74 Å². The summed E-state index contributed by atoms with van der Waals surface area (Å²) in [6.45, 7) is 6.03. The van der Waals surface area contributed by atoms with E-state index in [1.54, 1.807) is 24.3 Å². The maximum Gasteiger partial charge on any atom is 0.337 e. The molecule has 1 heterocycles. The zero-order valence-corrected chi connectivity index (χ0v) is 14.0. The number of carbonyl (C=O) groups is 1. The number of unbranched alkanes of at least 4 members (excludes halogenated alkanes) is 1. The molecule has 0 spiro atoms. The second-order valence-electron chi connectivity index (χ2n) is 5.97. The first-order valence-corrected chi connectivity index (χ1v) is 8.16. The van der Waals surface area contributed by atoms with Crippen molar-refractivity contribution < 1.29 is 23.7 Å². The minimum absolute atomic E-state index is 0.262. The Bertz CT molecular complexity index is 473. The highest BCUT2D eigenvalue weighted by molar-refractivity contribution is 5.89. The minimum atomic E-state index is -0.338. The highest BCUT2D eigenvalue weighted by atomic mass is 16.5. The third-order valence-electron chi connectivity index (χ3n) is 4.20. The number of rotatable bonds is 10. The quantitative estimate of drug-likeness (QED) is 0.489. The summed E-state index contributed by atoms with van der Waals surface area (Å²) in [5.41, 5.74) is 0.788. The van der Waals surface area contributed by atoms with Gasteiger partial charge in [0.05, 0.1) is 39.1 Å². The number of hydrogen-bond acceptors (Lipinski definition) is 5. The molecule has 0 amide bonds. The first-order valence-electron chi connectivity index (χ1n) is 8.16. The summed E-state index contributed by atoms with van der Waals surface area (Å²) in [6, 6.07) is 6.97. The molecule has 0 unspecified atom stereocenters. The van der Waals surface area contributed by atoms with Crippen molar-refractivity contribution in [3.05, 3.63) is 29.8 Å². The zero-order valence-electron chi connectivity index (χ0n) is 14.0. The summed E-state index contributed by atoms with van der Waals surface area (Å²) >= 11 is 0. The molecular formula is C18H26O5. The topological polar surface area (TPSA) is 54.0 Å². The number of esters is 1. The predicted octanol–water partition coefficient (Wildman–Crippen LogP) is 3.08. The third-order valence-corrected chi connectivity index (χ3v) is 4.20. The predicted molar refractivity (Wildman–Crippen MR) is 86.9 cm³/mol. The summed E-state index contributed by atoms with van der Waals surface area (Å²) < 4.78 is 21.3. The lowest BCUT2D eigenvalue weighted by Gasteiger charge is -2.40. The number of benzene rings is 1. The van der Waals surface area contributed by atoms with Gasteiger partial charge in [-0.15, -0.1) is 0 Å². The van der Waals surface area contributed by atoms with Gasteiger partial charge in [-0.3, -0.25) is 0 Å². The van der Waals surface area contributed by atoms with Crippen LogP contribution in [-0.2, 0) is 14.2 Å². The van der Waals surface area contributed by atoms with Crippen LogP contribution >= 0.6 is 0 Å². The van der Waals surface area contributed by atoms with E-state index in [4.69, 9.17) is 14.2 Å². The number of hydrogen-bond donors (Lipinski definition) is 0. The van der Waals surface area contributed by atoms with E-state index in [2.05, 4.69) is 11.7 Å². The van der Waals surface area contributed by atoms with Crippen LogP contribution in [0, 0.1) is 5.41 Å². The van der Waals surface area contributed by atoms with Crippen molar-refractivity contribution in [2.75, 3.05) is 40.1 Å². The van der Waals surface area contributed by atoms with Gasteiger partial charge in [-0.1, -0.05) is 6.92 Å². The number of carbonyl (C=O) groups excluding carboxylic acids is 1. The van der Waals surface area contributed by atoms with E-state index in [9.17, 15) is 4.79 Å². The highest BCUT2D eigenvalue weighted by Crippen LogP contribution is 2.31. The molecule has 5 nitrogen and oxygen atoms in total. The normalized spacial score (nSPS) is 15.7. The number of methoxy groups -OCH3 is 1. The molecule has 0 aromatic heterocycles. The van der Waals surface area contributed by atoms with Crippen LogP contribution in [0.5, 0.6) is 5.75 Å². The second kappa shape index (κ2) is 8.89. The van der Waals surface area contributed by atoms with Gasteiger partial charge in [0.1, 0.15) is 5.75 Å². The van der Waals surface area contributed by atoms with Crippen LogP contribution in [0.25, 0.3) is 0 Å². The summed E-state index contributed by atoms with van der Waals surface area (Å²) in [5, 5.41) is 0. The Labute approximate surface area is 137 Å². The van der Waals surface area contributed by atoms with Gasteiger partial charge in [-0.2, -0.15) is 0 Å². The van der Waals surface area contributed by atoms with E-state index < -0.39 is 0 Å². The van der Waals surface area contributed by atoms with Gasteiger partial charge in [0.2, 0.25) is 0 Å². The summed E-state index contributed by atoms with van der Waals surface area (Å²) in [4.78, 5) is 11.3. The minimum Gasteiger partial charge on any atom is -0.494 e. The first-order chi connectivity index (χ1) is 11.2. The van der Waals surface area contributed by atoms with Gasteiger partial charge >= 0.3 is 5.97 Å². The van der Waals surface area contributed by atoms with E-state index in [0.29, 0.717) is 12.2 Å². The Kier molecular flexibility index (Phi) is 6.86.